The second-order valence-corrected chi connectivity index (χ2v) is 4.86. The van der Waals surface area contributed by atoms with Gasteiger partial charge in [0.15, 0.2) is 0 Å². The highest BCUT2D eigenvalue weighted by Crippen LogP contribution is 2.50. The van der Waals surface area contributed by atoms with E-state index in [0.29, 0.717) is 12.5 Å². The van der Waals surface area contributed by atoms with Gasteiger partial charge in [0.25, 0.3) is 0 Å². The molecule has 0 spiro atoms. The Labute approximate surface area is 89.8 Å². The molecule has 86 valence electrons. The third kappa shape index (κ3) is 2.32. The molecule has 4 heteroatoms. The Balaban J connectivity index is 0.000000114. The molecule has 0 radical (unpaired) electrons. The highest BCUT2D eigenvalue weighted by molar-refractivity contribution is 5.73. The van der Waals surface area contributed by atoms with Crippen molar-refractivity contribution < 1.29 is 14.6 Å². The summed E-state index contributed by atoms with van der Waals surface area (Å²) < 4.78 is 4.39. The van der Waals surface area contributed by atoms with Crippen LogP contribution in [0.5, 0.6) is 0 Å². The highest BCUT2D eigenvalue weighted by Gasteiger charge is 2.49. The van der Waals surface area contributed by atoms with Gasteiger partial charge in [0.2, 0.25) is 6.29 Å². The second-order valence-electron chi connectivity index (χ2n) is 4.86. The average molecular weight is 213 g/mol. The van der Waals surface area contributed by atoms with Gasteiger partial charge in [-0.2, -0.15) is 0 Å². The summed E-state index contributed by atoms with van der Waals surface area (Å²) in [5.41, 5.74) is 5.67. The van der Waals surface area contributed by atoms with Crippen LogP contribution in [0.1, 0.15) is 32.6 Å². The molecule has 0 amide bonds. The summed E-state index contributed by atoms with van der Waals surface area (Å²) in [6, 6.07) is 0.619. The molecule has 0 aromatic rings. The lowest BCUT2D eigenvalue weighted by atomic mass is 10.1. The Morgan fingerprint density at radius 3 is 2.20 bits per heavy atom. The normalized spacial score (nSPS) is 46.6. The number of carbonyl (C=O) groups is 1. The van der Waals surface area contributed by atoms with Gasteiger partial charge in [-0.3, -0.25) is 4.79 Å². The molecule has 3 N–H and O–H groups in total. The monoisotopic (exact) mass is 213 g/mol. The number of cyclic esters (lactones) is 1. The fraction of sp³-hybridized carbons (Fsp3) is 0.909. The quantitative estimate of drug-likeness (QED) is 0.579. The zero-order chi connectivity index (χ0) is 11.0. The van der Waals surface area contributed by atoms with Crippen LogP contribution in [-0.4, -0.2) is 23.4 Å². The lowest BCUT2D eigenvalue weighted by molar-refractivity contribution is -0.155. The van der Waals surface area contributed by atoms with Crippen molar-refractivity contribution in [1.82, 2.24) is 0 Å². The van der Waals surface area contributed by atoms with Crippen molar-refractivity contribution in [3.8, 4) is 0 Å². The van der Waals surface area contributed by atoms with Crippen LogP contribution < -0.4 is 5.73 Å². The van der Waals surface area contributed by atoms with Gasteiger partial charge >= 0.3 is 5.97 Å². The molecule has 15 heavy (non-hydrogen) atoms. The van der Waals surface area contributed by atoms with Crippen LogP contribution in [0.2, 0.25) is 0 Å². The molecule has 4 nitrogen and oxygen atoms in total. The van der Waals surface area contributed by atoms with Crippen LogP contribution in [0.15, 0.2) is 0 Å². The maximum Gasteiger partial charge on any atom is 0.311 e. The molecule has 4 atom stereocenters. The highest BCUT2D eigenvalue weighted by atomic mass is 16.6. The van der Waals surface area contributed by atoms with E-state index in [2.05, 4.69) is 4.74 Å². The van der Waals surface area contributed by atoms with Crippen LogP contribution >= 0.6 is 0 Å². The van der Waals surface area contributed by atoms with Gasteiger partial charge in [-0.1, -0.05) is 13.3 Å². The predicted octanol–water partition coefficient (Wildman–Crippen LogP) is 0.631. The molecule has 2 unspecified atom stereocenters. The number of rotatable bonds is 0. The summed E-state index contributed by atoms with van der Waals surface area (Å²) in [6.45, 7) is 1.73. The first-order valence-corrected chi connectivity index (χ1v) is 5.73. The van der Waals surface area contributed by atoms with E-state index >= 15 is 0 Å². The minimum atomic E-state index is -0.850. The molecule has 0 bridgehead atoms. The van der Waals surface area contributed by atoms with Crippen molar-refractivity contribution in [2.24, 2.45) is 23.5 Å². The van der Waals surface area contributed by atoms with E-state index in [9.17, 15) is 4.79 Å². The van der Waals surface area contributed by atoms with Gasteiger partial charge in [0.05, 0.1) is 5.92 Å². The Hall–Kier alpha value is -0.610. The maximum absolute atomic E-state index is 10.4. The van der Waals surface area contributed by atoms with E-state index in [1.807, 2.05) is 0 Å². The molecule has 3 aliphatic rings. The van der Waals surface area contributed by atoms with Gasteiger partial charge in [0, 0.05) is 12.5 Å². The SMILES string of the molecule is C[C@H]1C[C@@H](O)OC1=O.NC1C2CCCC12. The van der Waals surface area contributed by atoms with E-state index in [0.717, 1.165) is 11.8 Å². The Morgan fingerprint density at radius 1 is 1.40 bits per heavy atom. The first-order chi connectivity index (χ1) is 7.09. The number of carbonyl (C=O) groups excluding carboxylic acids is 1. The van der Waals surface area contributed by atoms with Crippen molar-refractivity contribution in [3.05, 3.63) is 0 Å². The third-order valence-corrected chi connectivity index (χ3v) is 3.68. The number of hydrogen-bond donors (Lipinski definition) is 2. The molecule has 2 saturated carbocycles. The van der Waals surface area contributed by atoms with Gasteiger partial charge < -0.3 is 15.6 Å². The van der Waals surface area contributed by atoms with E-state index in [1.54, 1.807) is 6.92 Å². The van der Waals surface area contributed by atoms with Gasteiger partial charge in [-0.05, 0) is 24.7 Å². The Morgan fingerprint density at radius 2 is 2.00 bits per heavy atom. The van der Waals surface area contributed by atoms with Crippen molar-refractivity contribution in [3.63, 3.8) is 0 Å². The molecule has 0 aromatic carbocycles. The minimum absolute atomic E-state index is 0.120. The zero-order valence-corrected chi connectivity index (χ0v) is 9.06. The number of hydrogen-bond acceptors (Lipinski definition) is 4. The molecule has 2 aliphatic carbocycles. The number of aliphatic hydroxyl groups excluding tert-OH is 1. The Kier molecular flexibility index (Phi) is 2.98. The van der Waals surface area contributed by atoms with Crippen LogP contribution in [0.4, 0.5) is 0 Å². The smallest absolute Gasteiger partial charge is 0.311 e. The topological polar surface area (TPSA) is 72.5 Å². The molecule has 1 saturated heterocycles. The lowest BCUT2D eigenvalue weighted by Crippen LogP contribution is -2.05. The summed E-state index contributed by atoms with van der Waals surface area (Å²) in [6.07, 6.45) is 3.89. The van der Waals surface area contributed by atoms with Crippen molar-refractivity contribution in [2.45, 2.75) is 44.9 Å². The van der Waals surface area contributed by atoms with Gasteiger partial charge in [0.1, 0.15) is 0 Å². The Bertz CT molecular complexity index is 246. The molecular weight excluding hydrogens is 194 g/mol. The maximum atomic E-state index is 10.4. The number of ether oxygens (including phenoxy) is 1. The zero-order valence-electron chi connectivity index (χ0n) is 9.06. The minimum Gasteiger partial charge on any atom is -0.436 e. The summed E-state index contributed by atoms with van der Waals surface area (Å²) in [5.74, 6) is 1.50. The fourth-order valence-corrected chi connectivity index (χ4v) is 2.57. The van der Waals surface area contributed by atoms with E-state index < -0.39 is 6.29 Å². The van der Waals surface area contributed by atoms with Crippen molar-refractivity contribution in [1.29, 1.82) is 0 Å². The lowest BCUT2D eigenvalue weighted by Gasteiger charge is -1.94. The fourth-order valence-electron chi connectivity index (χ4n) is 2.57. The van der Waals surface area contributed by atoms with Gasteiger partial charge in [-0.25, -0.2) is 0 Å². The summed E-state index contributed by atoms with van der Waals surface area (Å²) in [5, 5.41) is 8.63. The van der Waals surface area contributed by atoms with Crippen LogP contribution in [0.25, 0.3) is 0 Å². The molecular formula is C11H19NO3. The van der Waals surface area contributed by atoms with Crippen LogP contribution in [-0.2, 0) is 9.53 Å². The molecule has 3 rings (SSSR count). The first-order valence-electron chi connectivity index (χ1n) is 5.73. The number of esters is 1. The van der Waals surface area contributed by atoms with Crippen LogP contribution in [0.3, 0.4) is 0 Å². The predicted molar refractivity (Wildman–Crippen MR) is 54.7 cm³/mol. The third-order valence-electron chi connectivity index (χ3n) is 3.68. The largest absolute Gasteiger partial charge is 0.436 e. The number of nitrogens with two attached hydrogens (primary N) is 1. The summed E-state index contributed by atoms with van der Waals surface area (Å²) in [7, 11) is 0. The molecule has 1 heterocycles. The van der Waals surface area contributed by atoms with E-state index in [-0.39, 0.29) is 11.9 Å². The molecule has 0 aromatic heterocycles. The molecule has 1 aliphatic heterocycles. The first kappa shape index (κ1) is 10.9. The van der Waals surface area contributed by atoms with Crippen LogP contribution in [0, 0.1) is 17.8 Å². The van der Waals surface area contributed by atoms with E-state index in [1.165, 1.54) is 19.3 Å². The van der Waals surface area contributed by atoms with E-state index in [4.69, 9.17) is 10.8 Å². The number of fused-ring (bicyclic) bond motifs is 1. The average Bonchev–Trinajstić information content (AvgIpc) is 2.56. The molecule has 3 fully saturated rings. The van der Waals surface area contributed by atoms with Crippen molar-refractivity contribution in [2.75, 3.05) is 0 Å². The van der Waals surface area contributed by atoms with Crippen molar-refractivity contribution >= 4 is 5.97 Å². The summed E-state index contributed by atoms with van der Waals surface area (Å²) >= 11 is 0. The standard InChI is InChI=1S/C6H11N.C5H8O3/c7-6-4-2-1-3-5(4)6;1-3-2-4(6)8-5(3)7/h4-6H,1-3,7H2;3-4,6H,2H2,1H3/t;3-,4-/m.0/s1. The number of aliphatic hydroxyl groups is 1. The van der Waals surface area contributed by atoms with Gasteiger partial charge in [-0.15, -0.1) is 0 Å². The second kappa shape index (κ2) is 4.10. The summed E-state index contributed by atoms with van der Waals surface area (Å²) in [4.78, 5) is 10.4.